The molecule has 0 saturated heterocycles. The van der Waals surface area contributed by atoms with Crippen molar-refractivity contribution in [2.75, 3.05) is 13.7 Å². The normalized spacial score (nSPS) is 11.3. The summed E-state index contributed by atoms with van der Waals surface area (Å²) in [6.45, 7) is 1.91. The van der Waals surface area contributed by atoms with Crippen molar-refractivity contribution >= 4 is 29.0 Å². The van der Waals surface area contributed by atoms with Crippen LogP contribution < -0.4 is 10.4 Å². The third-order valence-corrected chi connectivity index (χ3v) is 5.23. The van der Waals surface area contributed by atoms with Gasteiger partial charge in [-0.15, -0.1) is 0 Å². The van der Waals surface area contributed by atoms with Gasteiger partial charge in [0.1, 0.15) is 10.7 Å². The number of hydrogen-bond acceptors (Lipinski definition) is 7. The summed E-state index contributed by atoms with van der Waals surface area (Å²) in [5, 5.41) is 0. The van der Waals surface area contributed by atoms with Crippen molar-refractivity contribution in [3.8, 4) is 0 Å². The van der Waals surface area contributed by atoms with E-state index >= 15 is 0 Å². The Bertz CT molecular complexity index is 1230. The number of nitrogens with zero attached hydrogens (tertiary/aromatic N) is 2. The average Bonchev–Trinajstić information content (AvgIpc) is 2.77. The third kappa shape index (κ3) is 5.32. The lowest BCUT2D eigenvalue weighted by molar-refractivity contribution is 0.0525. The van der Waals surface area contributed by atoms with E-state index in [4.69, 9.17) is 9.47 Å². The fourth-order valence-corrected chi connectivity index (χ4v) is 3.63. The number of ether oxygens (including phenoxy) is 2. The predicted octanol–water partition coefficient (Wildman–Crippen LogP) is 3.29. The van der Waals surface area contributed by atoms with Crippen LogP contribution in [0.25, 0.3) is 0 Å². The number of benzene rings is 2. The van der Waals surface area contributed by atoms with E-state index in [0.717, 1.165) is 17.4 Å². The number of aromatic nitrogens is 1. The van der Waals surface area contributed by atoms with E-state index in [2.05, 4.69) is 4.99 Å². The summed E-state index contributed by atoms with van der Waals surface area (Å²) in [7, 11) is 1.21. The minimum absolute atomic E-state index is 0.0663. The lowest BCUT2D eigenvalue weighted by Crippen LogP contribution is -2.33. The zero-order valence-electron chi connectivity index (χ0n) is 16.8. The fraction of sp³-hybridized carbons (Fsp3) is 0.182. The molecule has 0 aliphatic rings. The minimum atomic E-state index is -0.672. The van der Waals surface area contributed by atoms with Gasteiger partial charge >= 0.3 is 11.9 Å². The summed E-state index contributed by atoms with van der Waals surface area (Å²) in [5.74, 6) is -1.59. The summed E-state index contributed by atoms with van der Waals surface area (Å²) in [4.78, 5) is 41.2. The fourth-order valence-electron chi connectivity index (χ4n) is 2.69. The summed E-state index contributed by atoms with van der Waals surface area (Å²) in [5.41, 5.74) is 0.575. The Labute approximate surface area is 181 Å². The van der Waals surface area contributed by atoms with Crippen molar-refractivity contribution in [3.05, 3.63) is 91.6 Å². The zero-order valence-corrected chi connectivity index (χ0v) is 17.6. The van der Waals surface area contributed by atoms with Crippen molar-refractivity contribution in [2.45, 2.75) is 13.5 Å². The number of carbonyl (C=O) groups is 2. The third-order valence-electron chi connectivity index (χ3n) is 4.23. The van der Waals surface area contributed by atoms with E-state index in [9.17, 15) is 18.8 Å². The van der Waals surface area contributed by atoms with E-state index in [0.29, 0.717) is 16.8 Å². The zero-order chi connectivity index (χ0) is 22.4. The van der Waals surface area contributed by atoms with Gasteiger partial charge in [0.25, 0.3) is 5.56 Å². The molecule has 1 aromatic heterocycles. The lowest BCUT2D eigenvalue weighted by Gasteiger charge is -2.09. The number of esters is 2. The molecule has 0 N–H and O–H groups in total. The molecule has 0 atom stereocenters. The molecule has 160 valence electrons. The van der Waals surface area contributed by atoms with Crippen LogP contribution >= 0.6 is 11.3 Å². The Hall–Kier alpha value is -3.59. The van der Waals surface area contributed by atoms with Gasteiger partial charge in [-0.1, -0.05) is 29.5 Å². The van der Waals surface area contributed by atoms with E-state index < -0.39 is 23.3 Å². The molecule has 0 aliphatic heterocycles. The van der Waals surface area contributed by atoms with Gasteiger partial charge in [0, 0.05) is 11.6 Å². The van der Waals surface area contributed by atoms with Crippen LogP contribution in [0.1, 0.15) is 32.5 Å². The van der Waals surface area contributed by atoms with Gasteiger partial charge in [0.05, 0.1) is 31.5 Å². The molecule has 0 fully saturated rings. The topological polar surface area (TPSA) is 87.0 Å². The molecular weight excluding hydrogens is 423 g/mol. The van der Waals surface area contributed by atoms with Crippen LogP contribution in [-0.4, -0.2) is 30.2 Å². The van der Waals surface area contributed by atoms with E-state index in [1.165, 1.54) is 17.7 Å². The first-order valence-corrected chi connectivity index (χ1v) is 10.1. The Morgan fingerprint density at radius 3 is 2.45 bits per heavy atom. The number of methoxy groups -OCH3 is 1. The molecular formula is C22H19FN2O5S. The maximum atomic E-state index is 14.2. The Kier molecular flexibility index (Phi) is 7.09. The molecule has 7 nitrogen and oxygen atoms in total. The van der Waals surface area contributed by atoms with Crippen molar-refractivity contribution in [2.24, 2.45) is 4.99 Å². The van der Waals surface area contributed by atoms with Crippen LogP contribution in [0.4, 0.5) is 10.1 Å². The number of halogens is 1. The average molecular weight is 442 g/mol. The molecule has 9 heteroatoms. The highest BCUT2D eigenvalue weighted by Gasteiger charge is 2.13. The van der Waals surface area contributed by atoms with E-state index in [1.54, 1.807) is 49.4 Å². The van der Waals surface area contributed by atoms with Crippen LogP contribution in [0.5, 0.6) is 0 Å². The highest BCUT2D eigenvalue weighted by atomic mass is 32.1. The first-order valence-electron chi connectivity index (χ1n) is 9.31. The van der Waals surface area contributed by atoms with Gasteiger partial charge < -0.3 is 9.47 Å². The van der Waals surface area contributed by atoms with Gasteiger partial charge in [-0.05, 0) is 37.3 Å². The van der Waals surface area contributed by atoms with E-state index in [1.807, 2.05) is 0 Å². The van der Waals surface area contributed by atoms with Crippen LogP contribution in [0, 0.1) is 5.82 Å². The molecule has 2 aromatic carbocycles. The second-order valence-corrected chi connectivity index (χ2v) is 7.29. The number of rotatable bonds is 6. The molecule has 0 bridgehead atoms. The summed E-state index contributed by atoms with van der Waals surface area (Å²) < 4.78 is 25.1. The summed E-state index contributed by atoms with van der Waals surface area (Å²) >= 11 is 0.942. The Morgan fingerprint density at radius 1 is 1.10 bits per heavy atom. The molecule has 0 radical (unpaired) electrons. The molecule has 0 aliphatic carbocycles. The second-order valence-electron chi connectivity index (χ2n) is 6.28. The highest BCUT2D eigenvalue weighted by Crippen LogP contribution is 2.14. The summed E-state index contributed by atoms with van der Waals surface area (Å²) in [6.07, 6.45) is 0. The number of carbonyl (C=O) groups excluding carboxylic acids is 2. The summed E-state index contributed by atoms with van der Waals surface area (Å²) in [6, 6.07) is 13.5. The van der Waals surface area contributed by atoms with Crippen molar-refractivity contribution in [3.63, 3.8) is 0 Å². The molecule has 0 spiro atoms. The monoisotopic (exact) mass is 442 g/mol. The maximum absolute atomic E-state index is 14.2. The molecule has 1 heterocycles. The van der Waals surface area contributed by atoms with E-state index in [-0.39, 0.29) is 22.8 Å². The number of hydrogen-bond donors (Lipinski definition) is 0. The molecule has 3 rings (SSSR count). The van der Waals surface area contributed by atoms with Crippen molar-refractivity contribution in [1.29, 1.82) is 0 Å². The van der Waals surface area contributed by atoms with Crippen LogP contribution in [-0.2, 0) is 16.0 Å². The maximum Gasteiger partial charge on any atom is 0.348 e. The first kappa shape index (κ1) is 22.1. The smallest absolute Gasteiger partial charge is 0.348 e. The Balaban J connectivity index is 2.10. The molecule has 3 aromatic rings. The largest absolute Gasteiger partial charge is 0.465 e. The van der Waals surface area contributed by atoms with Gasteiger partial charge in [-0.3, -0.25) is 9.36 Å². The van der Waals surface area contributed by atoms with Crippen LogP contribution in [0.15, 0.2) is 64.4 Å². The van der Waals surface area contributed by atoms with Gasteiger partial charge in [0.2, 0.25) is 0 Å². The van der Waals surface area contributed by atoms with Crippen molar-refractivity contribution in [1.82, 2.24) is 4.57 Å². The van der Waals surface area contributed by atoms with Gasteiger partial charge in [0.15, 0.2) is 4.80 Å². The van der Waals surface area contributed by atoms with Crippen LogP contribution in [0.3, 0.4) is 0 Å². The Morgan fingerprint density at radius 2 is 1.81 bits per heavy atom. The lowest BCUT2D eigenvalue weighted by atomic mass is 10.2. The van der Waals surface area contributed by atoms with Crippen LogP contribution in [0.2, 0.25) is 0 Å². The predicted molar refractivity (Wildman–Crippen MR) is 113 cm³/mol. The SMILES string of the molecule is CCOC(=O)c1ccc(N=c2sc(C(=O)OC)cc(=O)n2Cc2ccccc2F)cc1. The van der Waals surface area contributed by atoms with Gasteiger partial charge in [-0.25, -0.2) is 19.0 Å². The molecule has 0 saturated carbocycles. The quantitative estimate of drug-likeness (QED) is 0.547. The molecule has 0 unspecified atom stereocenters. The first-order chi connectivity index (χ1) is 14.9. The standard InChI is InChI=1S/C22H19FN2O5S/c1-3-30-20(27)14-8-10-16(11-9-14)24-22-25(13-15-6-4-5-7-17(15)23)19(26)12-18(31-22)21(28)29-2/h4-12H,3,13H2,1-2H3. The second kappa shape index (κ2) is 9.94. The van der Waals surface area contributed by atoms with Crippen molar-refractivity contribution < 1.29 is 23.5 Å². The molecule has 0 amide bonds. The van der Waals surface area contributed by atoms with Gasteiger partial charge in [-0.2, -0.15) is 0 Å². The minimum Gasteiger partial charge on any atom is -0.465 e. The highest BCUT2D eigenvalue weighted by molar-refractivity contribution is 7.11. The molecule has 31 heavy (non-hydrogen) atoms.